The van der Waals surface area contributed by atoms with Crippen LogP contribution in [0.15, 0.2) is 24.3 Å². The van der Waals surface area contributed by atoms with Crippen molar-refractivity contribution in [2.45, 2.75) is 26.3 Å². The normalized spacial score (nSPS) is 13.2. The average molecular weight is 216 g/mol. The van der Waals surface area contributed by atoms with Crippen molar-refractivity contribution in [1.29, 1.82) is 0 Å². The first-order valence-electron chi connectivity index (χ1n) is 5.84. The van der Waals surface area contributed by atoms with Crippen LogP contribution in [0, 0.1) is 6.92 Å². The summed E-state index contributed by atoms with van der Waals surface area (Å²) in [5.41, 5.74) is 4.08. The van der Waals surface area contributed by atoms with E-state index in [2.05, 4.69) is 55.0 Å². The Morgan fingerprint density at radius 1 is 1.38 bits per heavy atom. The van der Waals surface area contributed by atoms with Gasteiger partial charge in [-0.1, -0.05) is 12.1 Å². The molecule has 1 unspecified atom stereocenters. The van der Waals surface area contributed by atoms with E-state index in [4.69, 9.17) is 0 Å². The molecule has 0 aliphatic carbocycles. The van der Waals surface area contributed by atoms with Crippen molar-refractivity contribution in [3.05, 3.63) is 35.5 Å². The third-order valence-corrected chi connectivity index (χ3v) is 3.44. The van der Waals surface area contributed by atoms with Crippen molar-refractivity contribution < 1.29 is 0 Å². The standard InChI is InChI=1S/C14H20N2/c1-10(15-3)8-12-6-5-7-14-13(12)9-11(2)16(14)4/h5-7,9-10,15H,8H2,1-4H3. The number of hydrogen-bond donors (Lipinski definition) is 1. The number of likely N-dealkylation sites (N-methyl/N-ethyl adjacent to an activating group) is 1. The van der Waals surface area contributed by atoms with Crippen molar-refractivity contribution >= 4 is 10.9 Å². The molecule has 2 aromatic rings. The molecule has 0 saturated carbocycles. The van der Waals surface area contributed by atoms with Crippen LogP contribution in [0.25, 0.3) is 10.9 Å². The molecule has 1 N–H and O–H groups in total. The number of hydrogen-bond acceptors (Lipinski definition) is 1. The molecule has 0 spiro atoms. The van der Waals surface area contributed by atoms with Crippen LogP contribution in [0.4, 0.5) is 0 Å². The highest BCUT2D eigenvalue weighted by Crippen LogP contribution is 2.23. The van der Waals surface area contributed by atoms with Gasteiger partial charge in [0, 0.05) is 29.7 Å². The van der Waals surface area contributed by atoms with E-state index >= 15 is 0 Å². The fourth-order valence-electron chi connectivity index (χ4n) is 2.16. The van der Waals surface area contributed by atoms with E-state index in [0.29, 0.717) is 6.04 Å². The number of fused-ring (bicyclic) bond motifs is 1. The van der Waals surface area contributed by atoms with E-state index in [-0.39, 0.29) is 0 Å². The maximum Gasteiger partial charge on any atom is 0.0482 e. The minimum Gasteiger partial charge on any atom is -0.348 e. The Kier molecular flexibility index (Phi) is 3.01. The average Bonchev–Trinajstić information content (AvgIpc) is 2.57. The Bertz CT molecular complexity index is 497. The van der Waals surface area contributed by atoms with E-state index in [1.807, 2.05) is 7.05 Å². The van der Waals surface area contributed by atoms with Crippen molar-refractivity contribution in [3.63, 3.8) is 0 Å². The summed E-state index contributed by atoms with van der Waals surface area (Å²) in [6.45, 7) is 4.37. The Morgan fingerprint density at radius 3 is 2.81 bits per heavy atom. The quantitative estimate of drug-likeness (QED) is 0.834. The molecule has 0 fully saturated rings. The van der Waals surface area contributed by atoms with Crippen LogP contribution >= 0.6 is 0 Å². The molecule has 0 amide bonds. The summed E-state index contributed by atoms with van der Waals surface area (Å²) < 4.78 is 2.25. The van der Waals surface area contributed by atoms with Gasteiger partial charge in [-0.15, -0.1) is 0 Å². The highest BCUT2D eigenvalue weighted by molar-refractivity contribution is 5.84. The molecule has 1 heterocycles. The fourth-order valence-corrected chi connectivity index (χ4v) is 2.16. The Balaban J connectivity index is 2.50. The van der Waals surface area contributed by atoms with Crippen molar-refractivity contribution in [1.82, 2.24) is 9.88 Å². The molecule has 1 aromatic carbocycles. The Hall–Kier alpha value is -1.28. The maximum atomic E-state index is 3.29. The summed E-state index contributed by atoms with van der Waals surface area (Å²) in [5, 5.41) is 4.69. The molecule has 2 heteroatoms. The summed E-state index contributed by atoms with van der Waals surface area (Å²) in [4.78, 5) is 0. The summed E-state index contributed by atoms with van der Waals surface area (Å²) in [6.07, 6.45) is 1.08. The smallest absolute Gasteiger partial charge is 0.0482 e. The number of benzene rings is 1. The van der Waals surface area contributed by atoms with Crippen LogP contribution < -0.4 is 5.32 Å². The van der Waals surface area contributed by atoms with E-state index < -0.39 is 0 Å². The molecule has 1 aromatic heterocycles. The number of rotatable bonds is 3. The maximum absolute atomic E-state index is 3.29. The monoisotopic (exact) mass is 216 g/mol. The molecule has 0 aliphatic rings. The van der Waals surface area contributed by atoms with Crippen molar-refractivity contribution in [2.75, 3.05) is 7.05 Å². The van der Waals surface area contributed by atoms with Crippen LogP contribution in [0.1, 0.15) is 18.2 Å². The minimum atomic E-state index is 0.520. The van der Waals surface area contributed by atoms with Crippen LogP contribution in [-0.2, 0) is 13.5 Å². The molecular formula is C14H20N2. The summed E-state index contributed by atoms with van der Waals surface area (Å²) in [5.74, 6) is 0. The molecule has 16 heavy (non-hydrogen) atoms. The van der Waals surface area contributed by atoms with E-state index in [0.717, 1.165) is 6.42 Å². The predicted molar refractivity (Wildman–Crippen MR) is 69.9 cm³/mol. The molecule has 86 valence electrons. The van der Waals surface area contributed by atoms with E-state index in [1.54, 1.807) is 0 Å². The second-order valence-corrected chi connectivity index (χ2v) is 4.59. The SMILES string of the molecule is CNC(C)Cc1cccc2c1cc(C)n2C. The topological polar surface area (TPSA) is 17.0 Å². The number of aromatic nitrogens is 1. The number of nitrogens with zero attached hydrogens (tertiary/aromatic N) is 1. The van der Waals surface area contributed by atoms with Crippen LogP contribution in [-0.4, -0.2) is 17.7 Å². The lowest BCUT2D eigenvalue weighted by Gasteiger charge is -2.11. The van der Waals surface area contributed by atoms with Crippen LogP contribution in [0.2, 0.25) is 0 Å². The lowest BCUT2D eigenvalue weighted by molar-refractivity contribution is 0.610. The summed E-state index contributed by atoms with van der Waals surface area (Å²) >= 11 is 0. The lowest BCUT2D eigenvalue weighted by atomic mass is 10.0. The van der Waals surface area contributed by atoms with Gasteiger partial charge in [0.2, 0.25) is 0 Å². The van der Waals surface area contributed by atoms with Gasteiger partial charge in [-0.2, -0.15) is 0 Å². The van der Waals surface area contributed by atoms with Gasteiger partial charge in [0.15, 0.2) is 0 Å². The summed E-state index contributed by atoms with van der Waals surface area (Å²) in [6, 6.07) is 9.38. The third kappa shape index (κ3) is 1.85. The highest BCUT2D eigenvalue weighted by Gasteiger charge is 2.08. The van der Waals surface area contributed by atoms with Crippen LogP contribution in [0.3, 0.4) is 0 Å². The minimum absolute atomic E-state index is 0.520. The van der Waals surface area contributed by atoms with E-state index in [9.17, 15) is 0 Å². The molecule has 1 atom stereocenters. The molecule has 0 saturated heterocycles. The third-order valence-electron chi connectivity index (χ3n) is 3.44. The van der Waals surface area contributed by atoms with Gasteiger partial charge in [-0.25, -0.2) is 0 Å². The zero-order valence-electron chi connectivity index (χ0n) is 10.5. The molecule has 0 radical (unpaired) electrons. The first-order chi connectivity index (χ1) is 7.63. The molecule has 2 rings (SSSR count). The molecular weight excluding hydrogens is 196 g/mol. The van der Waals surface area contributed by atoms with Crippen LogP contribution in [0.5, 0.6) is 0 Å². The van der Waals surface area contributed by atoms with Gasteiger partial charge in [-0.05, 0) is 45.0 Å². The highest BCUT2D eigenvalue weighted by atomic mass is 14.9. The van der Waals surface area contributed by atoms with Gasteiger partial charge in [-0.3, -0.25) is 0 Å². The van der Waals surface area contributed by atoms with Gasteiger partial charge in [0.25, 0.3) is 0 Å². The fraction of sp³-hybridized carbons (Fsp3) is 0.429. The van der Waals surface area contributed by atoms with Gasteiger partial charge >= 0.3 is 0 Å². The summed E-state index contributed by atoms with van der Waals surface area (Å²) in [7, 11) is 4.14. The molecule has 2 nitrogen and oxygen atoms in total. The Morgan fingerprint density at radius 2 is 2.12 bits per heavy atom. The Labute approximate surface area is 97.3 Å². The zero-order valence-corrected chi connectivity index (χ0v) is 10.5. The van der Waals surface area contributed by atoms with Crippen molar-refractivity contribution in [3.8, 4) is 0 Å². The number of nitrogens with one attached hydrogen (secondary N) is 1. The molecule has 0 bridgehead atoms. The van der Waals surface area contributed by atoms with Crippen molar-refractivity contribution in [2.24, 2.45) is 7.05 Å². The van der Waals surface area contributed by atoms with E-state index in [1.165, 1.54) is 22.2 Å². The lowest BCUT2D eigenvalue weighted by Crippen LogP contribution is -2.23. The van der Waals surface area contributed by atoms with Gasteiger partial charge in [0.05, 0.1) is 0 Å². The first kappa shape index (κ1) is 11.2. The predicted octanol–water partition coefficient (Wildman–Crippen LogP) is 2.64. The largest absolute Gasteiger partial charge is 0.348 e. The van der Waals surface area contributed by atoms with Gasteiger partial charge in [0.1, 0.15) is 0 Å². The second kappa shape index (κ2) is 4.30. The number of aryl methyl sites for hydroxylation is 2. The zero-order chi connectivity index (χ0) is 11.7. The molecule has 0 aliphatic heterocycles. The first-order valence-corrected chi connectivity index (χ1v) is 5.84. The second-order valence-electron chi connectivity index (χ2n) is 4.59. The van der Waals surface area contributed by atoms with Gasteiger partial charge < -0.3 is 9.88 Å².